The van der Waals surface area contributed by atoms with Crippen molar-refractivity contribution in [1.82, 2.24) is 0 Å². The molecule has 1 aliphatic rings. The lowest BCUT2D eigenvalue weighted by Gasteiger charge is -2.24. The topological polar surface area (TPSA) is 56.1 Å². The Morgan fingerprint density at radius 2 is 2.33 bits per heavy atom. The summed E-state index contributed by atoms with van der Waals surface area (Å²) >= 11 is 1.58. The number of benzene rings is 1. The van der Waals surface area contributed by atoms with Crippen LogP contribution in [-0.4, -0.2) is 24.7 Å². The molecule has 4 nitrogen and oxygen atoms in total. The number of nitrogens with zero attached hydrogens (tertiary/aromatic N) is 2. The van der Waals surface area contributed by atoms with Crippen LogP contribution in [0.1, 0.15) is 13.3 Å². The number of hydrogen-bond acceptors (Lipinski definition) is 4. The predicted molar refractivity (Wildman–Crippen MR) is 73.9 cm³/mol. The Labute approximate surface area is 111 Å². The number of rotatable bonds is 3. The monoisotopic (exact) mass is 261 g/mol. The molecule has 0 bridgehead atoms. The van der Waals surface area contributed by atoms with Crippen LogP contribution in [0.3, 0.4) is 0 Å². The fourth-order valence-corrected chi connectivity index (χ4v) is 2.71. The van der Waals surface area contributed by atoms with Gasteiger partial charge in [-0.25, -0.2) is 0 Å². The molecule has 0 fully saturated rings. The summed E-state index contributed by atoms with van der Waals surface area (Å²) in [7, 11) is 1.94. The molecule has 1 aliphatic heterocycles. The second kappa shape index (κ2) is 5.32. The highest BCUT2D eigenvalue weighted by Gasteiger charge is 2.23. The maximum atomic E-state index is 11.6. The molecule has 1 unspecified atom stereocenters. The number of anilines is 2. The Morgan fingerprint density at radius 1 is 1.56 bits per heavy atom. The van der Waals surface area contributed by atoms with Gasteiger partial charge in [-0.15, -0.1) is 11.8 Å². The first kappa shape index (κ1) is 12.8. The van der Waals surface area contributed by atoms with Crippen molar-refractivity contribution in [2.45, 2.75) is 23.5 Å². The smallest absolute Gasteiger partial charge is 0.237 e. The van der Waals surface area contributed by atoms with E-state index in [0.29, 0.717) is 13.0 Å². The first-order chi connectivity index (χ1) is 8.61. The minimum Gasteiger partial charge on any atom is -0.374 e. The molecule has 0 saturated carbocycles. The Morgan fingerprint density at radius 3 is 3.06 bits per heavy atom. The van der Waals surface area contributed by atoms with Gasteiger partial charge >= 0.3 is 0 Å². The minimum atomic E-state index is -0.0420. The number of thioether (sulfide) groups is 1. The van der Waals surface area contributed by atoms with Crippen LogP contribution in [0.2, 0.25) is 0 Å². The number of carbonyl (C=O) groups is 1. The molecule has 5 heteroatoms. The number of nitriles is 1. The van der Waals surface area contributed by atoms with Gasteiger partial charge in [-0.05, 0) is 25.1 Å². The van der Waals surface area contributed by atoms with Crippen LogP contribution in [0.25, 0.3) is 0 Å². The molecule has 0 aliphatic carbocycles. The van der Waals surface area contributed by atoms with Crippen LogP contribution in [0.5, 0.6) is 0 Å². The number of hydrogen-bond donors (Lipinski definition) is 1. The zero-order chi connectivity index (χ0) is 13.1. The molecule has 94 valence electrons. The van der Waals surface area contributed by atoms with Crippen molar-refractivity contribution >= 4 is 29.0 Å². The van der Waals surface area contributed by atoms with Crippen molar-refractivity contribution in [2.75, 3.05) is 23.8 Å². The number of nitrogens with one attached hydrogen (secondary N) is 1. The number of carbonyl (C=O) groups excluding carboxylic acids is 1. The summed E-state index contributed by atoms with van der Waals surface area (Å²) in [6.45, 7) is 2.59. The van der Waals surface area contributed by atoms with E-state index in [-0.39, 0.29) is 11.2 Å². The van der Waals surface area contributed by atoms with Crippen molar-refractivity contribution in [3.63, 3.8) is 0 Å². The molecule has 1 aromatic rings. The molecule has 1 N–H and O–H groups in total. The molecule has 0 saturated heterocycles. The molecule has 1 aromatic carbocycles. The van der Waals surface area contributed by atoms with E-state index in [2.05, 4.69) is 11.4 Å². The van der Waals surface area contributed by atoms with Crippen molar-refractivity contribution < 1.29 is 4.79 Å². The maximum Gasteiger partial charge on any atom is 0.237 e. The van der Waals surface area contributed by atoms with Gasteiger partial charge in [0.05, 0.1) is 23.4 Å². The fraction of sp³-hybridized carbons (Fsp3) is 0.385. The van der Waals surface area contributed by atoms with Gasteiger partial charge < -0.3 is 10.2 Å². The lowest BCUT2D eigenvalue weighted by atomic mass is 10.2. The summed E-state index contributed by atoms with van der Waals surface area (Å²) in [6.07, 6.45) is 0.492. The Balaban J connectivity index is 2.20. The van der Waals surface area contributed by atoms with E-state index in [1.54, 1.807) is 11.8 Å². The highest BCUT2D eigenvalue weighted by atomic mass is 32.2. The standard InChI is InChI=1S/C13H15N3OS/c1-9-13(17)15-11-8-10(4-5-12(11)18-9)16(2)7-3-6-14/h4-5,8-9H,3,7H2,1-2H3,(H,15,17). The van der Waals surface area contributed by atoms with Gasteiger partial charge in [0.15, 0.2) is 0 Å². The summed E-state index contributed by atoms with van der Waals surface area (Å²) in [5.41, 5.74) is 1.88. The summed E-state index contributed by atoms with van der Waals surface area (Å²) < 4.78 is 0. The zero-order valence-electron chi connectivity index (χ0n) is 10.4. The van der Waals surface area contributed by atoms with Crippen LogP contribution in [0.15, 0.2) is 23.1 Å². The van der Waals surface area contributed by atoms with Gasteiger partial charge in [0.2, 0.25) is 5.91 Å². The molecule has 0 aromatic heterocycles. The predicted octanol–water partition coefficient (Wildman–Crippen LogP) is 2.47. The van der Waals surface area contributed by atoms with Crippen LogP contribution >= 0.6 is 11.8 Å². The summed E-state index contributed by atoms with van der Waals surface area (Å²) in [4.78, 5) is 14.7. The lowest BCUT2D eigenvalue weighted by Crippen LogP contribution is -2.27. The Hall–Kier alpha value is -1.67. The van der Waals surface area contributed by atoms with Gasteiger partial charge in [-0.3, -0.25) is 4.79 Å². The molecular formula is C13H15N3OS. The fourth-order valence-electron chi connectivity index (χ4n) is 1.78. The highest BCUT2D eigenvalue weighted by Crippen LogP contribution is 2.37. The molecule has 1 amide bonds. The number of amides is 1. The van der Waals surface area contributed by atoms with Gasteiger partial charge in [-0.2, -0.15) is 5.26 Å². The minimum absolute atomic E-state index is 0.0420. The van der Waals surface area contributed by atoms with Gasteiger partial charge in [0, 0.05) is 24.2 Å². The van der Waals surface area contributed by atoms with E-state index in [4.69, 9.17) is 5.26 Å². The van der Waals surface area contributed by atoms with E-state index >= 15 is 0 Å². The quantitative estimate of drug-likeness (QED) is 0.908. The van der Waals surface area contributed by atoms with Crippen molar-refractivity contribution in [3.05, 3.63) is 18.2 Å². The molecule has 2 rings (SSSR count). The van der Waals surface area contributed by atoms with Gasteiger partial charge in [-0.1, -0.05) is 0 Å². The van der Waals surface area contributed by atoms with Crippen molar-refractivity contribution in [3.8, 4) is 6.07 Å². The van der Waals surface area contributed by atoms with E-state index in [1.165, 1.54) is 0 Å². The molecule has 1 heterocycles. The third-order valence-corrected chi connectivity index (χ3v) is 4.07. The lowest BCUT2D eigenvalue weighted by molar-refractivity contribution is -0.115. The molecular weight excluding hydrogens is 246 g/mol. The Kier molecular flexibility index (Phi) is 3.78. The second-order valence-corrected chi connectivity index (χ2v) is 5.64. The summed E-state index contributed by atoms with van der Waals surface area (Å²) in [5.74, 6) is 0.0457. The molecule has 1 atom stereocenters. The molecule has 18 heavy (non-hydrogen) atoms. The SMILES string of the molecule is CC1Sc2ccc(N(C)CCC#N)cc2NC1=O. The van der Waals surface area contributed by atoms with Crippen LogP contribution in [0.4, 0.5) is 11.4 Å². The summed E-state index contributed by atoms with van der Waals surface area (Å²) in [6, 6.07) is 8.13. The van der Waals surface area contributed by atoms with Crippen LogP contribution in [-0.2, 0) is 4.79 Å². The first-order valence-electron chi connectivity index (χ1n) is 5.81. The average Bonchev–Trinajstić information content (AvgIpc) is 2.36. The first-order valence-corrected chi connectivity index (χ1v) is 6.69. The van der Waals surface area contributed by atoms with Crippen molar-refractivity contribution in [1.29, 1.82) is 5.26 Å². The average molecular weight is 261 g/mol. The Bertz CT molecular complexity index is 509. The third kappa shape index (κ3) is 2.59. The van der Waals surface area contributed by atoms with Crippen LogP contribution < -0.4 is 10.2 Å². The molecule has 0 radical (unpaired) electrons. The normalized spacial score (nSPS) is 17.6. The number of fused-ring (bicyclic) bond motifs is 1. The zero-order valence-corrected chi connectivity index (χ0v) is 11.3. The largest absolute Gasteiger partial charge is 0.374 e. The second-order valence-electron chi connectivity index (χ2n) is 4.26. The van der Waals surface area contributed by atoms with E-state index < -0.39 is 0 Å². The van der Waals surface area contributed by atoms with Gasteiger partial charge in [0.1, 0.15) is 0 Å². The van der Waals surface area contributed by atoms with Gasteiger partial charge in [0.25, 0.3) is 0 Å². The summed E-state index contributed by atoms with van der Waals surface area (Å²) in [5, 5.41) is 11.4. The van der Waals surface area contributed by atoms with E-state index in [0.717, 1.165) is 16.3 Å². The van der Waals surface area contributed by atoms with E-state index in [1.807, 2.05) is 37.1 Å². The van der Waals surface area contributed by atoms with Crippen molar-refractivity contribution in [2.24, 2.45) is 0 Å². The maximum absolute atomic E-state index is 11.6. The third-order valence-electron chi connectivity index (χ3n) is 2.89. The highest BCUT2D eigenvalue weighted by molar-refractivity contribution is 8.00. The van der Waals surface area contributed by atoms with Crippen LogP contribution in [0, 0.1) is 11.3 Å². The molecule has 0 spiro atoms. The van der Waals surface area contributed by atoms with E-state index in [9.17, 15) is 4.79 Å².